The molecule has 0 aliphatic heterocycles. The molecule has 0 fully saturated rings. The fourth-order valence-electron chi connectivity index (χ4n) is 2.39. The number of pyridine rings is 1. The average Bonchev–Trinajstić information content (AvgIpc) is 2.37. The van der Waals surface area contributed by atoms with E-state index in [1.54, 1.807) is 0 Å². The van der Waals surface area contributed by atoms with Crippen molar-refractivity contribution in [1.29, 1.82) is 0 Å². The van der Waals surface area contributed by atoms with Crippen LogP contribution < -0.4 is 4.74 Å². The van der Waals surface area contributed by atoms with E-state index in [0.717, 1.165) is 28.1 Å². The molecular formula is C18H23NO2. The third kappa shape index (κ3) is 3.42. The van der Waals surface area contributed by atoms with Crippen LogP contribution in [0.25, 0.3) is 0 Å². The van der Waals surface area contributed by atoms with Crippen molar-refractivity contribution in [3.05, 3.63) is 52.7 Å². The number of hydrogen-bond acceptors (Lipinski definition) is 3. The molecule has 0 amide bonds. The van der Waals surface area contributed by atoms with Crippen LogP contribution in [-0.4, -0.2) is 10.1 Å². The van der Waals surface area contributed by atoms with Gasteiger partial charge in [0.2, 0.25) is 5.88 Å². The first-order valence-electron chi connectivity index (χ1n) is 7.18. The first-order valence-corrected chi connectivity index (χ1v) is 7.18. The number of aliphatic hydroxyl groups excluding tert-OH is 1. The van der Waals surface area contributed by atoms with Crippen molar-refractivity contribution in [2.75, 3.05) is 0 Å². The smallest absolute Gasteiger partial charge is 0.225 e. The van der Waals surface area contributed by atoms with E-state index in [2.05, 4.69) is 31.8 Å². The Morgan fingerprint density at radius 3 is 2.43 bits per heavy atom. The van der Waals surface area contributed by atoms with Crippen molar-refractivity contribution < 1.29 is 9.84 Å². The summed E-state index contributed by atoms with van der Waals surface area (Å²) < 4.78 is 6.05. The van der Waals surface area contributed by atoms with E-state index < -0.39 is 0 Å². The van der Waals surface area contributed by atoms with Crippen LogP contribution in [0, 0.1) is 13.8 Å². The molecular weight excluding hydrogens is 262 g/mol. The van der Waals surface area contributed by atoms with E-state index in [-0.39, 0.29) is 12.0 Å². The van der Waals surface area contributed by atoms with Crippen molar-refractivity contribution >= 4 is 0 Å². The van der Waals surface area contributed by atoms with E-state index in [0.29, 0.717) is 5.88 Å². The molecule has 2 aromatic rings. The molecule has 0 radical (unpaired) electrons. The van der Waals surface area contributed by atoms with E-state index in [9.17, 15) is 5.11 Å². The molecule has 2 rings (SSSR count). The second-order valence-corrected chi connectivity index (χ2v) is 6.37. The third-order valence-electron chi connectivity index (χ3n) is 3.50. The first-order chi connectivity index (χ1) is 9.82. The molecule has 0 saturated heterocycles. The largest absolute Gasteiger partial charge is 0.438 e. The third-order valence-corrected chi connectivity index (χ3v) is 3.50. The highest BCUT2D eigenvalue weighted by atomic mass is 16.5. The van der Waals surface area contributed by atoms with Crippen LogP contribution >= 0.6 is 0 Å². The maximum atomic E-state index is 9.58. The molecule has 0 aliphatic rings. The fourth-order valence-corrected chi connectivity index (χ4v) is 2.39. The Morgan fingerprint density at radius 2 is 1.81 bits per heavy atom. The Hall–Kier alpha value is -1.87. The van der Waals surface area contributed by atoms with Crippen LogP contribution in [0.2, 0.25) is 0 Å². The number of hydrogen-bond donors (Lipinski definition) is 1. The van der Waals surface area contributed by atoms with Crippen LogP contribution in [-0.2, 0) is 12.0 Å². The van der Waals surface area contributed by atoms with Crippen LogP contribution in [0.3, 0.4) is 0 Å². The molecule has 1 N–H and O–H groups in total. The quantitative estimate of drug-likeness (QED) is 0.915. The number of nitrogens with zero attached hydrogens (tertiary/aromatic N) is 1. The standard InChI is InChI=1S/C18H23NO2/c1-12-10-13(2)19-17(14(12)11-20)21-16-9-7-6-8-15(16)18(3,4)5/h6-10,20H,11H2,1-5H3. The van der Waals surface area contributed by atoms with Gasteiger partial charge in [0.05, 0.1) is 6.61 Å². The lowest BCUT2D eigenvalue weighted by Gasteiger charge is -2.23. The summed E-state index contributed by atoms with van der Waals surface area (Å²) in [4.78, 5) is 4.44. The Morgan fingerprint density at radius 1 is 1.14 bits per heavy atom. The summed E-state index contributed by atoms with van der Waals surface area (Å²) in [7, 11) is 0. The molecule has 112 valence electrons. The monoisotopic (exact) mass is 285 g/mol. The molecule has 0 spiro atoms. The van der Waals surface area contributed by atoms with Gasteiger partial charge in [-0.2, -0.15) is 0 Å². The Balaban J connectivity index is 2.49. The van der Waals surface area contributed by atoms with Crippen molar-refractivity contribution in [2.24, 2.45) is 0 Å². The number of aromatic nitrogens is 1. The van der Waals surface area contributed by atoms with E-state index in [1.807, 2.05) is 38.1 Å². The summed E-state index contributed by atoms with van der Waals surface area (Å²) in [5.41, 5.74) is 3.72. The lowest BCUT2D eigenvalue weighted by molar-refractivity contribution is 0.273. The minimum absolute atomic E-state index is 0.0190. The van der Waals surface area contributed by atoms with E-state index >= 15 is 0 Å². The number of benzene rings is 1. The Bertz CT molecular complexity index is 642. The van der Waals surface area contributed by atoms with Gasteiger partial charge in [-0.05, 0) is 37.0 Å². The SMILES string of the molecule is Cc1cc(C)c(CO)c(Oc2ccccc2C(C)(C)C)n1. The van der Waals surface area contributed by atoms with Gasteiger partial charge >= 0.3 is 0 Å². The zero-order chi connectivity index (χ0) is 15.6. The highest BCUT2D eigenvalue weighted by Gasteiger charge is 2.20. The summed E-state index contributed by atoms with van der Waals surface area (Å²) in [6, 6.07) is 9.92. The maximum Gasteiger partial charge on any atom is 0.225 e. The zero-order valence-corrected chi connectivity index (χ0v) is 13.4. The molecule has 0 atom stereocenters. The van der Waals surface area contributed by atoms with Gasteiger partial charge in [0.25, 0.3) is 0 Å². The Labute approximate surface area is 126 Å². The van der Waals surface area contributed by atoms with Crippen molar-refractivity contribution in [1.82, 2.24) is 4.98 Å². The Kier molecular flexibility index (Phi) is 4.33. The summed E-state index contributed by atoms with van der Waals surface area (Å²) in [6.07, 6.45) is 0. The maximum absolute atomic E-state index is 9.58. The summed E-state index contributed by atoms with van der Waals surface area (Å²) in [5, 5.41) is 9.58. The molecule has 0 unspecified atom stereocenters. The molecule has 1 aromatic heterocycles. The second kappa shape index (κ2) is 5.86. The molecule has 0 aliphatic carbocycles. The van der Waals surface area contributed by atoms with Gasteiger partial charge in [-0.1, -0.05) is 39.0 Å². The molecule has 3 nitrogen and oxygen atoms in total. The van der Waals surface area contributed by atoms with Crippen LogP contribution in [0.1, 0.15) is 43.2 Å². The number of aryl methyl sites for hydroxylation is 2. The molecule has 0 bridgehead atoms. The predicted octanol–water partition coefficient (Wildman–Crippen LogP) is 4.28. The van der Waals surface area contributed by atoms with Gasteiger partial charge in [0.1, 0.15) is 5.75 Å². The van der Waals surface area contributed by atoms with Crippen molar-refractivity contribution in [3.63, 3.8) is 0 Å². The van der Waals surface area contributed by atoms with Gasteiger partial charge in [-0.3, -0.25) is 0 Å². The lowest BCUT2D eigenvalue weighted by Crippen LogP contribution is -2.13. The average molecular weight is 285 g/mol. The highest BCUT2D eigenvalue weighted by molar-refractivity contribution is 5.43. The number of aliphatic hydroxyl groups is 1. The highest BCUT2D eigenvalue weighted by Crippen LogP contribution is 2.35. The molecule has 21 heavy (non-hydrogen) atoms. The number of para-hydroxylation sites is 1. The summed E-state index contributed by atoms with van der Waals surface area (Å²) >= 11 is 0. The zero-order valence-electron chi connectivity index (χ0n) is 13.4. The minimum Gasteiger partial charge on any atom is -0.438 e. The fraction of sp³-hybridized carbons (Fsp3) is 0.389. The van der Waals surface area contributed by atoms with Gasteiger partial charge in [-0.15, -0.1) is 0 Å². The van der Waals surface area contributed by atoms with E-state index in [1.165, 1.54) is 0 Å². The summed E-state index contributed by atoms with van der Waals surface area (Å²) in [6.45, 7) is 10.3. The summed E-state index contributed by atoms with van der Waals surface area (Å²) in [5.74, 6) is 1.28. The molecule has 1 heterocycles. The van der Waals surface area contributed by atoms with Gasteiger partial charge < -0.3 is 9.84 Å². The van der Waals surface area contributed by atoms with Gasteiger partial charge in [-0.25, -0.2) is 4.98 Å². The van der Waals surface area contributed by atoms with Crippen molar-refractivity contribution in [3.8, 4) is 11.6 Å². The molecule has 1 aromatic carbocycles. The minimum atomic E-state index is -0.0773. The van der Waals surface area contributed by atoms with Crippen LogP contribution in [0.5, 0.6) is 11.6 Å². The second-order valence-electron chi connectivity index (χ2n) is 6.37. The van der Waals surface area contributed by atoms with Crippen molar-refractivity contribution in [2.45, 2.75) is 46.6 Å². The van der Waals surface area contributed by atoms with Crippen LogP contribution in [0.4, 0.5) is 0 Å². The van der Waals surface area contributed by atoms with Gasteiger partial charge in [0.15, 0.2) is 0 Å². The van der Waals surface area contributed by atoms with Crippen LogP contribution in [0.15, 0.2) is 30.3 Å². The topological polar surface area (TPSA) is 42.4 Å². The van der Waals surface area contributed by atoms with Gasteiger partial charge in [0, 0.05) is 16.8 Å². The lowest BCUT2D eigenvalue weighted by atomic mass is 9.86. The number of rotatable bonds is 3. The molecule has 0 saturated carbocycles. The predicted molar refractivity (Wildman–Crippen MR) is 84.8 cm³/mol. The number of ether oxygens (including phenoxy) is 1. The first kappa shape index (κ1) is 15.5. The normalized spacial score (nSPS) is 11.5. The van der Waals surface area contributed by atoms with E-state index in [4.69, 9.17) is 4.74 Å². The molecule has 3 heteroatoms.